The standard InChI is InChI=1S/C22H31FN2O6/c1-11(2)25-12(3)15(7-13-5-6-14(30-4)8-16(13)23)17(24-25)9-18-20(27)22(29)21(28)19(10-26)31-18/h5-6,8,11,18-22,26-29H,7,9-10H2,1-4H3/t18-,19+,20-,21+,22+/m0/s1. The average molecular weight is 438 g/mol. The second-order valence-electron chi connectivity index (χ2n) is 8.25. The van der Waals surface area contributed by atoms with Gasteiger partial charge in [0, 0.05) is 36.2 Å². The van der Waals surface area contributed by atoms with Gasteiger partial charge in [-0.05, 0) is 32.4 Å². The van der Waals surface area contributed by atoms with Gasteiger partial charge in [-0.3, -0.25) is 4.68 Å². The van der Waals surface area contributed by atoms with E-state index in [1.54, 1.807) is 12.1 Å². The van der Waals surface area contributed by atoms with Gasteiger partial charge in [0.15, 0.2) is 0 Å². The van der Waals surface area contributed by atoms with Crippen LogP contribution in [0.1, 0.15) is 42.4 Å². The first-order valence-corrected chi connectivity index (χ1v) is 10.4. The van der Waals surface area contributed by atoms with Gasteiger partial charge in [0.05, 0.1) is 25.5 Å². The molecule has 172 valence electrons. The van der Waals surface area contributed by atoms with Crippen molar-refractivity contribution >= 4 is 0 Å². The summed E-state index contributed by atoms with van der Waals surface area (Å²) < 4.78 is 27.2. The van der Waals surface area contributed by atoms with E-state index >= 15 is 0 Å². The maximum absolute atomic E-state index is 14.6. The Morgan fingerprint density at radius 2 is 1.84 bits per heavy atom. The molecule has 9 heteroatoms. The molecule has 0 bridgehead atoms. The van der Waals surface area contributed by atoms with Crippen molar-refractivity contribution in [1.82, 2.24) is 9.78 Å². The van der Waals surface area contributed by atoms with Crippen LogP contribution in [0.4, 0.5) is 4.39 Å². The Kier molecular flexibility index (Phi) is 7.33. The molecule has 4 N–H and O–H groups in total. The monoisotopic (exact) mass is 438 g/mol. The highest BCUT2D eigenvalue weighted by Gasteiger charge is 2.43. The summed E-state index contributed by atoms with van der Waals surface area (Å²) in [5.74, 6) is 0.0345. The number of methoxy groups -OCH3 is 1. The second-order valence-corrected chi connectivity index (χ2v) is 8.25. The van der Waals surface area contributed by atoms with Crippen LogP contribution in [0.5, 0.6) is 5.75 Å². The van der Waals surface area contributed by atoms with Gasteiger partial charge in [-0.2, -0.15) is 5.10 Å². The van der Waals surface area contributed by atoms with Crippen LogP contribution in [-0.4, -0.2) is 74.4 Å². The number of nitrogens with zero attached hydrogens (tertiary/aromatic N) is 2. The molecule has 5 atom stereocenters. The molecule has 1 fully saturated rings. The highest BCUT2D eigenvalue weighted by atomic mass is 19.1. The summed E-state index contributed by atoms with van der Waals surface area (Å²) in [4.78, 5) is 0. The van der Waals surface area contributed by atoms with E-state index in [1.807, 2.05) is 25.5 Å². The van der Waals surface area contributed by atoms with Crippen LogP contribution in [0.3, 0.4) is 0 Å². The van der Waals surface area contributed by atoms with Gasteiger partial charge in [-0.15, -0.1) is 0 Å². The Balaban J connectivity index is 1.94. The first kappa shape index (κ1) is 23.6. The van der Waals surface area contributed by atoms with E-state index in [4.69, 9.17) is 9.47 Å². The molecule has 1 saturated heterocycles. The fourth-order valence-electron chi connectivity index (χ4n) is 4.04. The summed E-state index contributed by atoms with van der Waals surface area (Å²) in [6.07, 6.45) is -5.68. The third-order valence-corrected chi connectivity index (χ3v) is 5.86. The predicted molar refractivity (Wildman–Crippen MR) is 111 cm³/mol. The summed E-state index contributed by atoms with van der Waals surface area (Å²) in [5.41, 5.74) is 2.74. The number of benzene rings is 1. The van der Waals surface area contributed by atoms with Gasteiger partial charge in [-0.1, -0.05) is 6.07 Å². The average Bonchev–Trinajstić information content (AvgIpc) is 3.05. The van der Waals surface area contributed by atoms with E-state index in [9.17, 15) is 24.8 Å². The zero-order valence-corrected chi connectivity index (χ0v) is 18.2. The summed E-state index contributed by atoms with van der Waals surface area (Å²) in [5, 5.41) is 44.7. The highest BCUT2D eigenvalue weighted by molar-refractivity contribution is 5.36. The molecule has 0 amide bonds. The van der Waals surface area contributed by atoms with E-state index in [-0.39, 0.29) is 18.9 Å². The molecule has 1 aliphatic rings. The topological polar surface area (TPSA) is 117 Å². The maximum atomic E-state index is 14.6. The number of halogens is 1. The molecule has 0 unspecified atom stereocenters. The van der Waals surface area contributed by atoms with E-state index in [0.717, 1.165) is 11.3 Å². The van der Waals surface area contributed by atoms with Crippen LogP contribution >= 0.6 is 0 Å². The molecule has 0 spiro atoms. The van der Waals surface area contributed by atoms with Gasteiger partial charge < -0.3 is 29.9 Å². The van der Waals surface area contributed by atoms with Crippen LogP contribution in [0.2, 0.25) is 0 Å². The molecule has 1 aromatic heterocycles. The van der Waals surface area contributed by atoms with Crippen LogP contribution < -0.4 is 4.74 Å². The lowest BCUT2D eigenvalue weighted by atomic mass is 9.91. The summed E-state index contributed by atoms with van der Waals surface area (Å²) in [7, 11) is 1.48. The van der Waals surface area contributed by atoms with Crippen molar-refractivity contribution in [2.45, 2.75) is 70.2 Å². The Bertz CT molecular complexity index is 900. The number of rotatable bonds is 7. The molecule has 3 rings (SSSR count). The van der Waals surface area contributed by atoms with Crippen molar-refractivity contribution in [3.8, 4) is 5.75 Å². The van der Waals surface area contributed by atoms with Gasteiger partial charge in [0.1, 0.15) is 36.0 Å². The molecule has 31 heavy (non-hydrogen) atoms. The highest BCUT2D eigenvalue weighted by Crippen LogP contribution is 2.29. The molecular formula is C22H31FN2O6. The van der Waals surface area contributed by atoms with Crippen molar-refractivity contribution in [2.24, 2.45) is 0 Å². The molecular weight excluding hydrogens is 407 g/mol. The molecule has 1 aromatic carbocycles. The van der Waals surface area contributed by atoms with E-state index in [1.165, 1.54) is 13.2 Å². The number of aromatic nitrogens is 2. The Morgan fingerprint density at radius 3 is 2.42 bits per heavy atom. The third-order valence-electron chi connectivity index (χ3n) is 5.86. The smallest absolute Gasteiger partial charge is 0.130 e. The lowest BCUT2D eigenvalue weighted by molar-refractivity contribution is -0.228. The zero-order chi connectivity index (χ0) is 22.9. The fourth-order valence-corrected chi connectivity index (χ4v) is 4.04. The lowest BCUT2D eigenvalue weighted by Gasteiger charge is -2.40. The number of hydrogen-bond donors (Lipinski definition) is 4. The quantitative estimate of drug-likeness (QED) is 0.507. The molecule has 1 aliphatic heterocycles. The van der Waals surface area contributed by atoms with E-state index in [0.29, 0.717) is 17.0 Å². The van der Waals surface area contributed by atoms with Crippen molar-refractivity contribution in [3.05, 3.63) is 46.5 Å². The third kappa shape index (κ3) is 4.75. The maximum Gasteiger partial charge on any atom is 0.130 e. The number of aliphatic hydroxyl groups excluding tert-OH is 4. The first-order chi connectivity index (χ1) is 14.7. The van der Waals surface area contributed by atoms with Crippen molar-refractivity contribution in [2.75, 3.05) is 13.7 Å². The number of hydrogen-bond acceptors (Lipinski definition) is 7. The van der Waals surface area contributed by atoms with Crippen LogP contribution in [0, 0.1) is 12.7 Å². The molecule has 2 aromatic rings. The number of aliphatic hydroxyl groups is 4. The van der Waals surface area contributed by atoms with Gasteiger partial charge in [0.25, 0.3) is 0 Å². The second kappa shape index (κ2) is 9.62. The number of ether oxygens (including phenoxy) is 2. The summed E-state index contributed by atoms with van der Waals surface area (Å²) >= 11 is 0. The minimum absolute atomic E-state index is 0.0583. The lowest BCUT2D eigenvalue weighted by Crippen LogP contribution is -2.59. The van der Waals surface area contributed by atoms with Crippen molar-refractivity contribution in [1.29, 1.82) is 0 Å². The van der Waals surface area contributed by atoms with Crippen LogP contribution in [0.15, 0.2) is 18.2 Å². The fraction of sp³-hybridized carbons (Fsp3) is 0.591. The largest absolute Gasteiger partial charge is 0.497 e. The van der Waals surface area contributed by atoms with Crippen molar-refractivity contribution in [3.63, 3.8) is 0 Å². The normalized spacial score (nSPS) is 26.5. The van der Waals surface area contributed by atoms with E-state index in [2.05, 4.69) is 5.10 Å². The minimum atomic E-state index is -1.45. The van der Waals surface area contributed by atoms with Crippen molar-refractivity contribution < 1.29 is 34.3 Å². The summed E-state index contributed by atoms with van der Waals surface area (Å²) in [6, 6.07) is 4.74. The van der Waals surface area contributed by atoms with Gasteiger partial charge >= 0.3 is 0 Å². The summed E-state index contributed by atoms with van der Waals surface area (Å²) in [6.45, 7) is 5.37. The Hall–Kier alpha value is -2.04. The molecule has 2 heterocycles. The first-order valence-electron chi connectivity index (χ1n) is 10.4. The zero-order valence-electron chi connectivity index (χ0n) is 18.2. The van der Waals surface area contributed by atoms with Crippen LogP contribution in [-0.2, 0) is 17.6 Å². The van der Waals surface area contributed by atoms with Gasteiger partial charge in [-0.25, -0.2) is 4.39 Å². The predicted octanol–water partition coefficient (Wildman–Crippen LogP) is 0.896. The Morgan fingerprint density at radius 1 is 1.16 bits per heavy atom. The molecule has 0 aliphatic carbocycles. The van der Waals surface area contributed by atoms with Crippen LogP contribution in [0.25, 0.3) is 0 Å². The Labute approximate surface area is 180 Å². The van der Waals surface area contributed by atoms with Gasteiger partial charge in [0.2, 0.25) is 0 Å². The SMILES string of the molecule is COc1ccc(Cc2c(C[C@@H]3O[C@H](CO)[C@@H](O)[C@H](O)[C@H]3O)nn(C(C)C)c2C)c(F)c1. The molecule has 8 nitrogen and oxygen atoms in total. The molecule has 0 saturated carbocycles. The molecule has 0 radical (unpaired) electrons. The minimum Gasteiger partial charge on any atom is -0.497 e. The van der Waals surface area contributed by atoms with E-state index < -0.39 is 42.9 Å².